The van der Waals surface area contributed by atoms with Crippen LogP contribution >= 0.6 is 11.6 Å². The van der Waals surface area contributed by atoms with Crippen molar-refractivity contribution in [3.8, 4) is 28.4 Å². The fraction of sp³-hybridized carbons (Fsp3) is 0.111. The van der Waals surface area contributed by atoms with Gasteiger partial charge in [0.2, 0.25) is 0 Å². The number of aromatic hydroxyl groups is 2. The normalized spacial score (nSPS) is 14.4. The summed E-state index contributed by atoms with van der Waals surface area (Å²) in [7, 11) is 3.11. The second-order valence-corrected chi connectivity index (χ2v) is 9.28. The molecule has 180 valence electrons. The first-order chi connectivity index (χ1) is 17.3. The van der Waals surface area contributed by atoms with Crippen molar-refractivity contribution in [1.82, 2.24) is 13.7 Å². The smallest absolute Gasteiger partial charge is 0.331 e. The highest BCUT2D eigenvalue weighted by Crippen LogP contribution is 2.46. The van der Waals surface area contributed by atoms with Gasteiger partial charge in [0.25, 0.3) is 5.56 Å². The number of hydrogen-bond acceptors (Lipinski definition) is 5. The van der Waals surface area contributed by atoms with Crippen LogP contribution in [0.3, 0.4) is 0 Å². The highest BCUT2D eigenvalue weighted by atomic mass is 35.5. The number of aryl methyl sites for hydroxylation is 1. The predicted octanol–water partition coefficient (Wildman–Crippen LogP) is 4.27. The Balaban J connectivity index is 1.85. The SMILES string of the molecule is Cn1c(=O)c2c(-c3ccc(Cl)cc3)n3c(c2n(C)c1=O)C(c1ccc(O)c(O)c1)Nc1ccccc1-3. The van der Waals surface area contributed by atoms with Crippen LogP contribution in [0.2, 0.25) is 5.02 Å². The molecule has 9 heteroatoms. The molecule has 1 atom stereocenters. The number of nitrogens with one attached hydrogen (secondary N) is 1. The first kappa shape index (κ1) is 22.1. The molecule has 0 radical (unpaired) electrons. The standard InChI is InChI=1S/C27H21ClN4O4/c1-30-24-21(26(35)31(2)27(30)36)23(14-7-10-16(28)11-8-14)32-18-6-4-3-5-17(18)29-22(25(24)32)15-9-12-19(33)20(34)13-15/h3-13,22,29,33-34H,1-2H3. The zero-order chi connectivity index (χ0) is 25.3. The van der Waals surface area contributed by atoms with E-state index in [0.717, 1.165) is 21.5 Å². The van der Waals surface area contributed by atoms with Crippen molar-refractivity contribution in [2.24, 2.45) is 14.1 Å². The molecule has 1 unspecified atom stereocenters. The number of benzene rings is 3. The number of hydrogen-bond donors (Lipinski definition) is 3. The van der Waals surface area contributed by atoms with Gasteiger partial charge in [0.1, 0.15) is 0 Å². The molecule has 5 aromatic rings. The Hall–Kier alpha value is -4.43. The lowest BCUT2D eigenvalue weighted by Gasteiger charge is -2.31. The maximum absolute atomic E-state index is 13.7. The van der Waals surface area contributed by atoms with E-state index in [9.17, 15) is 19.8 Å². The fourth-order valence-electron chi connectivity index (χ4n) is 5.07. The third kappa shape index (κ3) is 3.01. The zero-order valence-electron chi connectivity index (χ0n) is 19.4. The van der Waals surface area contributed by atoms with Gasteiger partial charge >= 0.3 is 5.69 Å². The summed E-state index contributed by atoms with van der Waals surface area (Å²) in [6, 6.07) is 18.9. The van der Waals surface area contributed by atoms with E-state index in [1.54, 1.807) is 25.2 Å². The van der Waals surface area contributed by atoms with Gasteiger partial charge in [0.15, 0.2) is 11.5 Å². The van der Waals surface area contributed by atoms with Gasteiger partial charge in [-0.3, -0.25) is 13.9 Å². The maximum Gasteiger partial charge on any atom is 0.331 e. The molecular formula is C27H21ClN4O4. The second kappa shape index (κ2) is 7.79. The van der Waals surface area contributed by atoms with Crippen molar-refractivity contribution >= 4 is 28.2 Å². The molecule has 0 amide bonds. The second-order valence-electron chi connectivity index (χ2n) is 8.85. The molecule has 6 rings (SSSR count). The van der Waals surface area contributed by atoms with E-state index in [4.69, 9.17) is 11.6 Å². The average Bonchev–Trinajstić information content (AvgIpc) is 3.24. The molecular weight excluding hydrogens is 480 g/mol. The van der Waals surface area contributed by atoms with Crippen molar-refractivity contribution in [3.63, 3.8) is 0 Å². The van der Waals surface area contributed by atoms with Gasteiger partial charge in [0, 0.05) is 19.1 Å². The van der Waals surface area contributed by atoms with Crippen molar-refractivity contribution in [2.75, 3.05) is 5.32 Å². The van der Waals surface area contributed by atoms with Crippen LogP contribution < -0.4 is 16.6 Å². The monoisotopic (exact) mass is 500 g/mol. The van der Waals surface area contributed by atoms with Gasteiger partial charge in [-0.05, 0) is 47.5 Å². The minimum atomic E-state index is -0.548. The van der Waals surface area contributed by atoms with Crippen molar-refractivity contribution in [2.45, 2.75) is 6.04 Å². The molecule has 3 aromatic carbocycles. The topological polar surface area (TPSA) is 101 Å². The predicted molar refractivity (Wildman–Crippen MR) is 139 cm³/mol. The molecule has 36 heavy (non-hydrogen) atoms. The minimum absolute atomic E-state index is 0.238. The minimum Gasteiger partial charge on any atom is -0.504 e. The molecule has 1 aliphatic heterocycles. The third-order valence-electron chi connectivity index (χ3n) is 6.78. The van der Waals surface area contributed by atoms with E-state index in [-0.39, 0.29) is 11.5 Å². The summed E-state index contributed by atoms with van der Waals surface area (Å²) < 4.78 is 4.58. The average molecular weight is 501 g/mol. The van der Waals surface area contributed by atoms with Crippen LogP contribution in [0.5, 0.6) is 11.5 Å². The number of phenolic OH excluding ortho intramolecular Hbond substituents is 2. The molecule has 0 saturated heterocycles. The number of para-hydroxylation sites is 2. The molecule has 1 aliphatic rings. The molecule has 3 heterocycles. The van der Waals surface area contributed by atoms with Crippen molar-refractivity contribution < 1.29 is 10.2 Å². The quantitative estimate of drug-likeness (QED) is 0.314. The number of aromatic nitrogens is 3. The van der Waals surface area contributed by atoms with E-state index >= 15 is 0 Å². The van der Waals surface area contributed by atoms with Crippen LogP contribution in [0.15, 0.2) is 76.3 Å². The molecule has 0 bridgehead atoms. The molecule has 0 spiro atoms. The molecule has 0 fully saturated rings. The Labute approximate surface area is 209 Å². The van der Waals surface area contributed by atoms with Crippen LogP contribution in [0.1, 0.15) is 17.3 Å². The molecule has 8 nitrogen and oxygen atoms in total. The Morgan fingerprint density at radius 1 is 0.889 bits per heavy atom. The Kier molecular flexibility index (Phi) is 4.77. The van der Waals surface area contributed by atoms with Crippen LogP contribution in [-0.2, 0) is 14.1 Å². The van der Waals surface area contributed by atoms with Crippen molar-refractivity contribution in [3.05, 3.63) is 104 Å². The number of anilines is 1. The number of phenols is 2. The summed E-state index contributed by atoms with van der Waals surface area (Å²) in [6.45, 7) is 0. The van der Waals surface area contributed by atoms with Crippen LogP contribution in [0.25, 0.3) is 27.8 Å². The summed E-state index contributed by atoms with van der Waals surface area (Å²) in [4.78, 5) is 26.7. The largest absolute Gasteiger partial charge is 0.504 e. The summed E-state index contributed by atoms with van der Waals surface area (Å²) in [6.07, 6.45) is 0. The Bertz CT molecular complexity index is 1820. The van der Waals surface area contributed by atoms with Crippen LogP contribution in [0.4, 0.5) is 5.69 Å². The summed E-state index contributed by atoms with van der Waals surface area (Å²) in [5.74, 6) is -0.503. The Morgan fingerprint density at radius 3 is 2.33 bits per heavy atom. The van der Waals surface area contributed by atoms with E-state index in [2.05, 4.69) is 5.32 Å². The van der Waals surface area contributed by atoms with Gasteiger partial charge in [-0.15, -0.1) is 0 Å². The highest BCUT2D eigenvalue weighted by Gasteiger charge is 2.35. The highest BCUT2D eigenvalue weighted by molar-refractivity contribution is 6.30. The van der Waals surface area contributed by atoms with Gasteiger partial charge in [-0.1, -0.05) is 41.9 Å². The van der Waals surface area contributed by atoms with Gasteiger partial charge in [-0.25, -0.2) is 4.79 Å². The first-order valence-electron chi connectivity index (χ1n) is 11.3. The lowest BCUT2D eigenvalue weighted by Crippen LogP contribution is -2.37. The van der Waals surface area contributed by atoms with Gasteiger partial charge in [-0.2, -0.15) is 0 Å². The van der Waals surface area contributed by atoms with E-state index in [1.165, 1.54) is 23.7 Å². The van der Waals surface area contributed by atoms with E-state index in [0.29, 0.717) is 32.9 Å². The lowest BCUT2D eigenvalue weighted by molar-refractivity contribution is 0.403. The molecule has 0 aliphatic carbocycles. The lowest BCUT2D eigenvalue weighted by atomic mass is 9.99. The number of nitrogens with zero attached hydrogens (tertiary/aromatic N) is 3. The summed E-state index contributed by atoms with van der Waals surface area (Å²) in [5.41, 5.74) is 3.94. The van der Waals surface area contributed by atoms with Crippen LogP contribution in [-0.4, -0.2) is 23.9 Å². The van der Waals surface area contributed by atoms with E-state index in [1.807, 2.05) is 41.0 Å². The maximum atomic E-state index is 13.7. The summed E-state index contributed by atoms with van der Waals surface area (Å²) >= 11 is 6.18. The number of fused-ring (bicyclic) bond motifs is 5. The van der Waals surface area contributed by atoms with Crippen LogP contribution in [0, 0.1) is 0 Å². The number of rotatable bonds is 2. The third-order valence-corrected chi connectivity index (χ3v) is 7.03. The molecule has 3 N–H and O–H groups in total. The number of halogens is 1. The molecule has 2 aromatic heterocycles. The first-order valence-corrected chi connectivity index (χ1v) is 11.6. The molecule has 0 saturated carbocycles. The zero-order valence-corrected chi connectivity index (χ0v) is 20.1. The van der Waals surface area contributed by atoms with Gasteiger partial charge in [0.05, 0.1) is 39.7 Å². The summed E-state index contributed by atoms with van der Waals surface area (Å²) in [5, 5.41) is 24.6. The van der Waals surface area contributed by atoms with E-state index < -0.39 is 17.3 Å². The fourth-order valence-corrected chi connectivity index (χ4v) is 5.19. The Morgan fingerprint density at radius 2 is 1.61 bits per heavy atom. The van der Waals surface area contributed by atoms with Crippen molar-refractivity contribution in [1.29, 1.82) is 0 Å². The van der Waals surface area contributed by atoms with Gasteiger partial charge < -0.3 is 20.1 Å².